The fourth-order valence-corrected chi connectivity index (χ4v) is 7.57. The molecule has 1 amide bonds. The Balaban J connectivity index is 1.43. The summed E-state index contributed by atoms with van der Waals surface area (Å²) in [6.45, 7) is 6.89. The summed E-state index contributed by atoms with van der Waals surface area (Å²) in [6.07, 6.45) is 5.29. The smallest absolute Gasteiger partial charge is 0.256 e. The monoisotopic (exact) mass is 505 g/mol. The van der Waals surface area contributed by atoms with Crippen LogP contribution in [0.5, 0.6) is 0 Å². The number of morpholine rings is 1. The first-order valence-corrected chi connectivity index (χ1v) is 13.8. The number of carbonyl (C=O) groups excluding carboxylic acids is 2. The van der Waals surface area contributed by atoms with E-state index in [1.54, 1.807) is 0 Å². The summed E-state index contributed by atoms with van der Waals surface area (Å²) in [5.41, 5.74) is 6.21. The quantitative estimate of drug-likeness (QED) is 0.526. The minimum atomic E-state index is -1.19. The number of halogens is 1. The number of alkyl halides is 1. The van der Waals surface area contributed by atoms with E-state index in [1.165, 1.54) is 0 Å². The Morgan fingerprint density at radius 1 is 1.25 bits per heavy atom. The highest BCUT2D eigenvalue weighted by Gasteiger charge is 2.59. The minimum absolute atomic E-state index is 0.00230. The van der Waals surface area contributed by atoms with Gasteiger partial charge >= 0.3 is 0 Å². The largest absolute Gasteiger partial charge is 0.369 e. The van der Waals surface area contributed by atoms with Crippen LogP contribution in [0.2, 0.25) is 0 Å². The molecule has 4 fully saturated rings. The lowest BCUT2D eigenvalue weighted by Crippen LogP contribution is -2.73. The van der Waals surface area contributed by atoms with Crippen LogP contribution in [0.25, 0.3) is 0 Å². The molecule has 0 bridgehead atoms. The van der Waals surface area contributed by atoms with Gasteiger partial charge in [0.1, 0.15) is 6.17 Å². The Hall–Kier alpha value is -1.55. The highest BCUT2D eigenvalue weighted by molar-refractivity contribution is 6.20. The maximum absolute atomic E-state index is 15.9. The van der Waals surface area contributed by atoms with Gasteiger partial charge in [0, 0.05) is 44.3 Å². The molecule has 36 heavy (non-hydrogen) atoms. The number of hydrogen-bond donors (Lipinski definition) is 2. The van der Waals surface area contributed by atoms with E-state index in [1.807, 2.05) is 20.3 Å². The Morgan fingerprint density at radius 2 is 2.00 bits per heavy atom. The van der Waals surface area contributed by atoms with Crippen LogP contribution >= 0.6 is 0 Å². The van der Waals surface area contributed by atoms with Gasteiger partial charge in [0.15, 0.2) is 5.78 Å². The first-order chi connectivity index (χ1) is 17.1. The zero-order chi connectivity index (χ0) is 25.8. The van der Waals surface area contributed by atoms with E-state index in [0.717, 1.165) is 45.2 Å². The van der Waals surface area contributed by atoms with E-state index in [9.17, 15) is 9.59 Å². The molecule has 5 aliphatic rings. The van der Waals surface area contributed by atoms with E-state index < -0.39 is 24.2 Å². The number of hydrogen-bond acceptors (Lipinski definition) is 7. The van der Waals surface area contributed by atoms with Gasteiger partial charge in [-0.2, -0.15) is 0 Å². The van der Waals surface area contributed by atoms with E-state index in [-0.39, 0.29) is 53.3 Å². The number of nitrogens with one attached hydrogen (secondary N) is 1. The number of nitrogens with zero attached hydrogens (tertiary/aromatic N) is 3. The maximum atomic E-state index is 15.9. The van der Waals surface area contributed by atoms with Gasteiger partial charge in [0.25, 0.3) is 5.91 Å². The first kappa shape index (κ1) is 26.1. The summed E-state index contributed by atoms with van der Waals surface area (Å²) in [5, 5.41) is 3.01. The molecular weight excluding hydrogens is 461 g/mol. The number of Topliss-reactive ketones (excluding diaryl/α,β-unsaturated/α-hetero) is 1. The molecule has 2 saturated carbocycles. The van der Waals surface area contributed by atoms with Crippen molar-refractivity contribution in [2.75, 3.05) is 40.3 Å². The van der Waals surface area contributed by atoms with Crippen LogP contribution in [0.3, 0.4) is 0 Å². The third kappa shape index (κ3) is 4.84. The van der Waals surface area contributed by atoms with Crippen molar-refractivity contribution >= 4 is 11.7 Å². The molecule has 0 aromatic rings. The number of fused-ring (bicyclic) bond motifs is 2. The SMILES string of the molecule is CN(C)CC(C)(C)CNC(=O)C1=CN2C3CCCCC3OC3C(N4CCC(N)C4)C(F)CC(C1=O)C32. The summed E-state index contributed by atoms with van der Waals surface area (Å²) in [4.78, 5) is 33.5. The number of nitrogens with two attached hydrogens (primary N) is 1. The number of amides is 1. The number of rotatable bonds is 6. The molecule has 0 spiro atoms. The molecule has 2 saturated heterocycles. The van der Waals surface area contributed by atoms with Crippen LogP contribution in [-0.4, -0.2) is 109 Å². The lowest BCUT2D eigenvalue weighted by Gasteiger charge is -2.60. The Bertz CT molecular complexity index is 895. The van der Waals surface area contributed by atoms with Gasteiger partial charge in [-0.05, 0) is 45.2 Å². The Kier molecular flexibility index (Phi) is 7.22. The van der Waals surface area contributed by atoms with E-state index in [0.29, 0.717) is 13.1 Å². The Labute approximate surface area is 214 Å². The normalized spacial score (nSPS) is 39.0. The molecule has 202 valence electrons. The molecule has 5 rings (SSSR count). The van der Waals surface area contributed by atoms with E-state index in [4.69, 9.17) is 10.5 Å². The number of ether oxygens (including phenoxy) is 1. The molecule has 0 aromatic heterocycles. The van der Waals surface area contributed by atoms with Crippen molar-refractivity contribution < 1.29 is 18.7 Å². The van der Waals surface area contributed by atoms with Crippen LogP contribution < -0.4 is 11.1 Å². The van der Waals surface area contributed by atoms with E-state index >= 15 is 4.39 Å². The van der Waals surface area contributed by atoms with Crippen molar-refractivity contribution in [1.82, 2.24) is 20.0 Å². The lowest BCUT2D eigenvalue weighted by molar-refractivity contribution is -0.209. The average molecular weight is 506 g/mol. The van der Waals surface area contributed by atoms with Crippen LogP contribution in [0.4, 0.5) is 4.39 Å². The molecule has 8 nitrogen and oxygen atoms in total. The zero-order valence-electron chi connectivity index (χ0n) is 22.3. The fraction of sp³-hybridized carbons (Fsp3) is 0.852. The molecule has 9 heteroatoms. The second-order valence-corrected chi connectivity index (χ2v) is 12.8. The van der Waals surface area contributed by atoms with Gasteiger partial charge in [0.05, 0.1) is 35.9 Å². The predicted molar refractivity (Wildman–Crippen MR) is 136 cm³/mol. The number of likely N-dealkylation sites (tertiary alicyclic amines) is 1. The lowest BCUT2D eigenvalue weighted by atomic mass is 9.69. The van der Waals surface area contributed by atoms with Crippen LogP contribution in [0.15, 0.2) is 11.8 Å². The summed E-state index contributed by atoms with van der Waals surface area (Å²) in [5.74, 6) is -1.15. The molecule has 3 N–H and O–H groups in total. The standard InChI is InChI=1S/C27H44FN5O3/c1-27(2,15-31(3)4)14-30-26(35)18-13-33-20-7-5-6-8-21(20)36-25-22(33)17(24(18)34)11-19(28)23(25)32-10-9-16(29)12-32/h13,16-17,19-23,25H,5-12,14-15,29H2,1-4H3,(H,30,35). The van der Waals surface area contributed by atoms with Gasteiger partial charge in [0.2, 0.25) is 0 Å². The van der Waals surface area contributed by atoms with Crippen molar-refractivity contribution in [3.05, 3.63) is 11.8 Å². The van der Waals surface area contributed by atoms with Gasteiger partial charge in [-0.1, -0.05) is 26.7 Å². The Morgan fingerprint density at radius 3 is 2.69 bits per heavy atom. The second-order valence-electron chi connectivity index (χ2n) is 12.8. The number of carbonyl (C=O) groups is 2. The van der Waals surface area contributed by atoms with E-state index in [2.05, 4.69) is 33.9 Å². The topological polar surface area (TPSA) is 91.1 Å². The van der Waals surface area contributed by atoms with Gasteiger partial charge < -0.3 is 25.6 Å². The maximum Gasteiger partial charge on any atom is 0.256 e. The fourth-order valence-electron chi connectivity index (χ4n) is 7.57. The van der Waals surface area contributed by atoms with Gasteiger partial charge in [-0.3, -0.25) is 14.5 Å². The first-order valence-electron chi connectivity index (χ1n) is 13.8. The highest BCUT2D eigenvalue weighted by Crippen LogP contribution is 2.47. The molecule has 8 unspecified atom stereocenters. The highest BCUT2D eigenvalue weighted by atomic mass is 19.1. The molecule has 3 heterocycles. The molecule has 8 atom stereocenters. The predicted octanol–water partition coefficient (Wildman–Crippen LogP) is 1.30. The molecular formula is C27H44FN5O3. The second kappa shape index (κ2) is 9.97. The van der Waals surface area contributed by atoms with Crippen LogP contribution in [0, 0.1) is 11.3 Å². The van der Waals surface area contributed by atoms with Gasteiger partial charge in [-0.15, -0.1) is 0 Å². The van der Waals surface area contributed by atoms with Crippen LogP contribution in [-0.2, 0) is 14.3 Å². The van der Waals surface area contributed by atoms with Gasteiger partial charge in [-0.25, -0.2) is 4.39 Å². The molecule has 0 radical (unpaired) electrons. The summed E-state index contributed by atoms with van der Waals surface area (Å²) < 4.78 is 22.6. The third-order valence-corrected chi connectivity index (χ3v) is 8.94. The van der Waals surface area contributed by atoms with Crippen molar-refractivity contribution in [1.29, 1.82) is 0 Å². The molecule has 3 aliphatic heterocycles. The zero-order valence-corrected chi connectivity index (χ0v) is 22.3. The van der Waals surface area contributed by atoms with Crippen molar-refractivity contribution in [3.63, 3.8) is 0 Å². The molecule has 2 aliphatic carbocycles. The minimum Gasteiger partial charge on any atom is -0.369 e. The summed E-state index contributed by atoms with van der Waals surface area (Å²) >= 11 is 0. The van der Waals surface area contributed by atoms with Crippen LogP contribution in [0.1, 0.15) is 52.4 Å². The van der Waals surface area contributed by atoms with Crippen molar-refractivity contribution in [3.8, 4) is 0 Å². The van der Waals surface area contributed by atoms with Crippen molar-refractivity contribution in [2.24, 2.45) is 17.1 Å². The van der Waals surface area contributed by atoms with Crippen molar-refractivity contribution in [2.45, 2.75) is 94.9 Å². The summed E-state index contributed by atoms with van der Waals surface area (Å²) in [6, 6.07) is -0.445. The average Bonchev–Trinajstić information content (AvgIpc) is 3.23. The third-order valence-electron chi connectivity index (χ3n) is 8.94. The summed E-state index contributed by atoms with van der Waals surface area (Å²) in [7, 11) is 4.01. The molecule has 0 aromatic carbocycles. The number of ketones is 1.